The molecule has 6 nitrogen and oxygen atoms in total. The van der Waals surface area contributed by atoms with Gasteiger partial charge in [0.05, 0.1) is 5.56 Å². The Labute approximate surface area is 179 Å². The number of hydrogen-bond acceptors (Lipinski definition) is 4. The number of nitrogen functional groups attached to an aromatic ring is 1. The molecule has 4 rings (SSSR count). The Kier molecular flexibility index (Phi) is 5.93. The monoisotopic (exact) mass is 418 g/mol. The van der Waals surface area contributed by atoms with Gasteiger partial charge in [0.25, 0.3) is 5.91 Å². The molecule has 158 valence electrons. The Morgan fingerprint density at radius 1 is 1.23 bits per heavy atom. The zero-order valence-corrected chi connectivity index (χ0v) is 16.9. The Morgan fingerprint density at radius 3 is 2.74 bits per heavy atom. The van der Waals surface area contributed by atoms with Crippen molar-refractivity contribution in [3.8, 4) is 11.1 Å². The minimum Gasteiger partial charge on any atom is -0.383 e. The summed E-state index contributed by atoms with van der Waals surface area (Å²) in [4.78, 5) is 29.4. The first-order chi connectivity index (χ1) is 15.0. The summed E-state index contributed by atoms with van der Waals surface area (Å²) >= 11 is 0. The van der Waals surface area contributed by atoms with E-state index >= 15 is 0 Å². The van der Waals surface area contributed by atoms with E-state index in [0.29, 0.717) is 30.8 Å². The summed E-state index contributed by atoms with van der Waals surface area (Å²) in [5.74, 6) is -0.645. The molecule has 1 atom stereocenters. The average Bonchev–Trinajstić information content (AvgIpc) is 3.28. The van der Waals surface area contributed by atoms with E-state index in [9.17, 15) is 14.0 Å². The number of hydrogen-bond donors (Lipinski definition) is 2. The van der Waals surface area contributed by atoms with Crippen LogP contribution in [0.3, 0.4) is 0 Å². The third kappa shape index (κ3) is 4.55. The summed E-state index contributed by atoms with van der Waals surface area (Å²) in [7, 11) is 0. The summed E-state index contributed by atoms with van der Waals surface area (Å²) in [6, 6.07) is 15.8. The van der Waals surface area contributed by atoms with Crippen LogP contribution in [0.5, 0.6) is 0 Å². The van der Waals surface area contributed by atoms with Crippen LogP contribution in [0.2, 0.25) is 0 Å². The number of pyridine rings is 1. The zero-order chi connectivity index (χ0) is 21.8. The molecule has 1 saturated heterocycles. The maximum Gasteiger partial charge on any atom is 0.254 e. The van der Waals surface area contributed by atoms with Gasteiger partial charge in [-0.05, 0) is 41.3 Å². The van der Waals surface area contributed by atoms with Crippen LogP contribution in [0.1, 0.15) is 33.8 Å². The zero-order valence-electron chi connectivity index (χ0n) is 16.9. The lowest BCUT2D eigenvalue weighted by Gasteiger charge is -2.14. The number of anilines is 1. The van der Waals surface area contributed by atoms with E-state index in [0.717, 1.165) is 24.0 Å². The number of nitrogens with one attached hydrogen (secondary N) is 1. The number of nitrogens with two attached hydrogens (primary N) is 1. The number of nitrogens with zero attached hydrogens (tertiary/aromatic N) is 2. The highest BCUT2D eigenvalue weighted by atomic mass is 19.1. The van der Waals surface area contributed by atoms with Crippen molar-refractivity contribution >= 4 is 18.1 Å². The topological polar surface area (TPSA) is 88.3 Å². The molecule has 2 aromatic carbocycles. The van der Waals surface area contributed by atoms with Crippen molar-refractivity contribution in [3.05, 3.63) is 83.3 Å². The first kappa shape index (κ1) is 20.5. The van der Waals surface area contributed by atoms with Crippen LogP contribution in [-0.2, 0) is 11.3 Å². The number of carbonyl (C=O) groups is 2. The molecule has 0 spiro atoms. The number of carbonyl (C=O) groups excluding carboxylic acids is 2. The molecule has 2 heterocycles. The van der Waals surface area contributed by atoms with Crippen molar-refractivity contribution in [2.24, 2.45) is 0 Å². The quantitative estimate of drug-likeness (QED) is 0.601. The minimum atomic E-state index is -0.624. The van der Waals surface area contributed by atoms with E-state index in [-0.39, 0.29) is 17.3 Å². The Morgan fingerprint density at radius 2 is 2.03 bits per heavy atom. The highest BCUT2D eigenvalue weighted by molar-refractivity contribution is 5.95. The van der Waals surface area contributed by atoms with Crippen LogP contribution < -0.4 is 11.1 Å². The molecule has 1 aliphatic heterocycles. The van der Waals surface area contributed by atoms with Crippen LogP contribution >= 0.6 is 0 Å². The number of aromatic nitrogens is 1. The predicted molar refractivity (Wildman–Crippen MR) is 117 cm³/mol. The summed E-state index contributed by atoms with van der Waals surface area (Å²) in [6.07, 6.45) is 3.40. The second kappa shape index (κ2) is 8.95. The van der Waals surface area contributed by atoms with Crippen molar-refractivity contribution in [1.29, 1.82) is 0 Å². The van der Waals surface area contributed by atoms with E-state index < -0.39 is 11.7 Å². The first-order valence-electron chi connectivity index (χ1n) is 10.1. The molecule has 0 bridgehead atoms. The molecule has 7 heteroatoms. The normalized spacial score (nSPS) is 15.6. The fourth-order valence-corrected chi connectivity index (χ4v) is 3.84. The Bertz CT molecular complexity index is 1100. The molecule has 3 N–H and O–H groups in total. The molecule has 3 aromatic rings. The van der Waals surface area contributed by atoms with Crippen molar-refractivity contribution in [1.82, 2.24) is 15.2 Å². The van der Waals surface area contributed by atoms with Crippen molar-refractivity contribution < 1.29 is 14.0 Å². The molecular formula is C24H23FN4O2. The first-order valence-corrected chi connectivity index (χ1v) is 10.1. The highest BCUT2D eigenvalue weighted by Gasteiger charge is 2.24. The van der Waals surface area contributed by atoms with Gasteiger partial charge in [-0.1, -0.05) is 36.4 Å². The molecule has 1 unspecified atom stereocenters. The van der Waals surface area contributed by atoms with Crippen LogP contribution in [0.15, 0.2) is 60.8 Å². The molecule has 0 aliphatic carbocycles. The highest BCUT2D eigenvalue weighted by Crippen LogP contribution is 2.32. The van der Waals surface area contributed by atoms with Gasteiger partial charge in [0.2, 0.25) is 6.41 Å². The fourth-order valence-electron chi connectivity index (χ4n) is 3.84. The van der Waals surface area contributed by atoms with Crippen LogP contribution in [0.4, 0.5) is 10.2 Å². The van der Waals surface area contributed by atoms with Gasteiger partial charge >= 0.3 is 0 Å². The van der Waals surface area contributed by atoms with E-state index in [4.69, 9.17) is 5.73 Å². The number of likely N-dealkylation sites (tertiary alicyclic amines) is 1. The van der Waals surface area contributed by atoms with Gasteiger partial charge < -0.3 is 16.0 Å². The smallest absolute Gasteiger partial charge is 0.254 e. The fraction of sp³-hybridized carbons (Fsp3) is 0.208. The Hall–Kier alpha value is -3.74. The number of halogens is 1. The van der Waals surface area contributed by atoms with Crippen LogP contribution in [0.25, 0.3) is 11.1 Å². The van der Waals surface area contributed by atoms with Gasteiger partial charge in [0.1, 0.15) is 11.6 Å². The van der Waals surface area contributed by atoms with Gasteiger partial charge in [0, 0.05) is 37.3 Å². The predicted octanol–water partition coefficient (Wildman–Crippen LogP) is 3.35. The van der Waals surface area contributed by atoms with Gasteiger partial charge in [0.15, 0.2) is 0 Å². The van der Waals surface area contributed by atoms with Gasteiger partial charge in [-0.15, -0.1) is 0 Å². The van der Waals surface area contributed by atoms with Gasteiger partial charge in [-0.3, -0.25) is 9.59 Å². The van der Waals surface area contributed by atoms with E-state index in [1.807, 2.05) is 36.4 Å². The molecule has 0 radical (unpaired) electrons. The van der Waals surface area contributed by atoms with Gasteiger partial charge in [-0.25, -0.2) is 9.37 Å². The molecule has 1 aromatic heterocycles. The van der Waals surface area contributed by atoms with E-state index in [2.05, 4.69) is 10.3 Å². The number of benzene rings is 2. The number of amides is 2. The third-order valence-corrected chi connectivity index (χ3v) is 5.60. The van der Waals surface area contributed by atoms with Crippen LogP contribution in [-0.4, -0.2) is 35.3 Å². The maximum absolute atomic E-state index is 14.8. The van der Waals surface area contributed by atoms with Gasteiger partial charge in [-0.2, -0.15) is 0 Å². The third-order valence-electron chi connectivity index (χ3n) is 5.60. The SMILES string of the molecule is Nc1ncc(C2CCN(C=O)C2)cc1-c1ccc(C(=O)NCc2ccccc2)c(F)c1. The summed E-state index contributed by atoms with van der Waals surface area (Å²) in [6.45, 7) is 1.65. The Balaban J connectivity index is 1.53. The minimum absolute atomic E-state index is 0.0280. The molecular weight excluding hydrogens is 395 g/mol. The molecule has 2 amide bonds. The van der Waals surface area contributed by atoms with E-state index in [1.54, 1.807) is 17.2 Å². The maximum atomic E-state index is 14.8. The molecule has 31 heavy (non-hydrogen) atoms. The lowest BCUT2D eigenvalue weighted by molar-refractivity contribution is -0.117. The summed E-state index contributed by atoms with van der Waals surface area (Å²) < 4.78 is 14.8. The standard InChI is InChI=1S/C24H23FN4O2/c25-22-11-17(6-7-20(22)24(31)28-12-16-4-2-1-3-5-16)21-10-19(13-27-23(21)26)18-8-9-29(14-18)15-30/h1-7,10-11,13,15,18H,8-9,12,14H2,(H2,26,27)(H,28,31). The number of rotatable bonds is 6. The van der Waals surface area contributed by atoms with Crippen molar-refractivity contribution in [2.45, 2.75) is 18.9 Å². The second-order valence-electron chi connectivity index (χ2n) is 7.65. The lowest BCUT2D eigenvalue weighted by atomic mass is 9.96. The van der Waals surface area contributed by atoms with Crippen LogP contribution in [0, 0.1) is 5.82 Å². The summed E-state index contributed by atoms with van der Waals surface area (Å²) in [5.41, 5.74) is 9.08. The second-order valence-corrected chi connectivity index (χ2v) is 7.65. The average molecular weight is 418 g/mol. The largest absolute Gasteiger partial charge is 0.383 e. The summed E-state index contributed by atoms with van der Waals surface area (Å²) in [5, 5.41) is 2.73. The van der Waals surface area contributed by atoms with Crippen molar-refractivity contribution in [3.63, 3.8) is 0 Å². The molecule has 0 saturated carbocycles. The lowest BCUT2D eigenvalue weighted by Crippen LogP contribution is -2.23. The molecule has 1 fully saturated rings. The van der Waals surface area contributed by atoms with Crippen molar-refractivity contribution in [2.75, 3.05) is 18.8 Å². The van der Waals surface area contributed by atoms with E-state index in [1.165, 1.54) is 12.1 Å². The molecule has 1 aliphatic rings.